The second-order valence-electron chi connectivity index (χ2n) is 6.58. The Morgan fingerprint density at radius 1 is 1.10 bits per heavy atom. The van der Waals surface area contributed by atoms with Crippen LogP contribution in [0.1, 0.15) is 36.0 Å². The predicted molar refractivity (Wildman–Crippen MR) is 87.6 cm³/mol. The highest BCUT2D eigenvalue weighted by Gasteiger charge is 2.38. The number of benzene rings is 1. The van der Waals surface area contributed by atoms with Crippen LogP contribution in [-0.2, 0) is 6.54 Å². The molecule has 2 aliphatic rings. The van der Waals surface area contributed by atoms with Crippen LogP contribution in [0.2, 0.25) is 0 Å². The predicted octanol–water partition coefficient (Wildman–Crippen LogP) is 3.30. The molecule has 2 heterocycles. The largest absolute Gasteiger partial charge is 0.317 e. The number of hydrogen-bond donors (Lipinski definition) is 1. The molecule has 0 amide bonds. The van der Waals surface area contributed by atoms with E-state index in [1.54, 1.807) is 5.56 Å². The molecule has 1 spiro atoms. The summed E-state index contributed by atoms with van der Waals surface area (Å²) >= 11 is 0. The van der Waals surface area contributed by atoms with Crippen LogP contribution in [0.5, 0.6) is 0 Å². The SMILES string of the molecule is Cc1cccc(C)c1CN1CCC2(CCNCC2)C1.Cl. The van der Waals surface area contributed by atoms with Crippen molar-refractivity contribution in [3.05, 3.63) is 34.9 Å². The Morgan fingerprint density at radius 3 is 2.40 bits per heavy atom. The maximum Gasteiger partial charge on any atom is 0.0239 e. The van der Waals surface area contributed by atoms with Gasteiger partial charge in [-0.2, -0.15) is 0 Å². The molecule has 0 aromatic heterocycles. The summed E-state index contributed by atoms with van der Waals surface area (Å²) in [5, 5.41) is 3.50. The van der Waals surface area contributed by atoms with Gasteiger partial charge in [0.1, 0.15) is 0 Å². The first-order chi connectivity index (χ1) is 9.19. The molecule has 0 aliphatic carbocycles. The third-order valence-corrected chi connectivity index (χ3v) is 5.21. The fraction of sp³-hybridized carbons (Fsp3) is 0.647. The summed E-state index contributed by atoms with van der Waals surface area (Å²) in [5.74, 6) is 0. The Hall–Kier alpha value is -0.570. The van der Waals surface area contributed by atoms with Gasteiger partial charge in [-0.3, -0.25) is 4.90 Å². The topological polar surface area (TPSA) is 15.3 Å². The number of rotatable bonds is 2. The average Bonchev–Trinajstić information content (AvgIpc) is 2.78. The van der Waals surface area contributed by atoms with E-state index >= 15 is 0 Å². The molecular weight excluding hydrogens is 268 g/mol. The first-order valence-corrected chi connectivity index (χ1v) is 7.67. The van der Waals surface area contributed by atoms with Crippen LogP contribution in [0, 0.1) is 19.3 Å². The van der Waals surface area contributed by atoms with Gasteiger partial charge in [0.05, 0.1) is 0 Å². The van der Waals surface area contributed by atoms with Gasteiger partial charge in [-0.05, 0) is 74.8 Å². The molecule has 0 bridgehead atoms. The van der Waals surface area contributed by atoms with Crippen LogP contribution < -0.4 is 5.32 Å². The molecule has 2 fully saturated rings. The number of nitrogens with one attached hydrogen (secondary N) is 1. The zero-order valence-electron chi connectivity index (χ0n) is 12.7. The normalized spacial score (nSPS) is 21.9. The fourth-order valence-corrected chi connectivity index (χ4v) is 3.85. The molecule has 2 aliphatic heterocycles. The molecule has 3 heteroatoms. The van der Waals surface area contributed by atoms with Gasteiger partial charge in [-0.1, -0.05) is 18.2 Å². The minimum absolute atomic E-state index is 0. The van der Waals surface area contributed by atoms with E-state index in [-0.39, 0.29) is 12.4 Å². The number of aryl methyl sites for hydroxylation is 2. The molecule has 3 rings (SSSR count). The maximum atomic E-state index is 3.50. The summed E-state index contributed by atoms with van der Waals surface area (Å²) < 4.78 is 0. The van der Waals surface area contributed by atoms with Gasteiger partial charge in [-0.15, -0.1) is 12.4 Å². The molecular formula is C17H27ClN2. The van der Waals surface area contributed by atoms with Gasteiger partial charge in [0.2, 0.25) is 0 Å². The lowest BCUT2D eigenvalue weighted by Gasteiger charge is -2.34. The third-order valence-electron chi connectivity index (χ3n) is 5.21. The van der Waals surface area contributed by atoms with Gasteiger partial charge < -0.3 is 5.32 Å². The van der Waals surface area contributed by atoms with Crippen LogP contribution in [0.15, 0.2) is 18.2 Å². The summed E-state index contributed by atoms with van der Waals surface area (Å²) in [6.07, 6.45) is 4.14. The monoisotopic (exact) mass is 294 g/mol. The summed E-state index contributed by atoms with van der Waals surface area (Å²) in [7, 11) is 0. The van der Waals surface area contributed by atoms with Crippen molar-refractivity contribution in [1.29, 1.82) is 0 Å². The van der Waals surface area contributed by atoms with E-state index in [4.69, 9.17) is 0 Å². The van der Waals surface area contributed by atoms with Crippen molar-refractivity contribution in [1.82, 2.24) is 10.2 Å². The summed E-state index contributed by atoms with van der Waals surface area (Å²) in [6.45, 7) is 10.7. The molecule has 1 aromatic carbocycles. The summed E-state index contributed by atoms with van der Waals surface area (Å²) in [4.78, 5) is 2.68. The van der Waals surface area contributed by atoms with Gasteiger partial charge in [-0.25, -0.2) is 0 Å². The minimum Gasteiger partial charge on any atom is -0.317 e. The third kappa shape index (κ3) is 3.19. The molecule has 0 radical (unpaired) electrons. The van der Waals surface area contributed by atoms with E-state index in [9.17, 15) is 0 Å². The van der Waals surface area contributed by atoms with E-state index in [2.05, 4.69) is 42.3 Å². The smallest absolute Gasteiger partial charge is 0.0239 e. The van der Waals surface area contributed by atoms with Crippen LogP contribution in [0.3, 0.4) is 0 Å². The second kappa shape index (κ2) is 6.46. The Kier molecular flexibility index (Phi) is 5.11. The van der Waals surface area contributed by atoms with Gasteiger partial charge in [0, 0.05) is 13.1 Å². The molecule has 2 saturated heterocycles. The number of hydrogen-bond acceptors (Lipinski definition) is 2. The molecule has 2 nitrogen and oxygen atoms in total. The highest BCUT2D eigenvalue weighted by atomic mass is 35.5. The van der Waals surface area contributed by atoms with Gasteiger partial charge in [0.25, 0.3) is 0 Å². The highest BCUT2D eigenvalue weighted by Crippen LogP contribution is 2.39. The lowest BCUT2D eigenvalue weighted by molar-refractivity contribution is 0.193. The Labute approximate surface area is 129 Å². The molecule has 1 N–H and O–H groups in total. The van der Waals surface area contributed by atoms with E-state index in [0.717, 1.165) is 6.54 Å². The standard InChI is InChI=1S/C17H26N2.ClH/c1-14-4-3-5-15(2)16(14)12-19-11-8-17(13-19)6-9-18-10-7-17;/h3-5,18H,6-13H2,1-2H3;1H. The Morgan fingerprint density at radius 2 is 1.75 bits per heavy atom. The van der Waals surface area contributed by atoms with Crippen LogP contribution in [0.25, 0.3) is 0 Å². The van der Waals surface area contributed by atoms with E-state index < -0.39 is 0 Å². The lowest BCUT2D eigenvalue weighted by atomic mass is 9.78. The molecule has 112 valence electrons. The fourth-order valence-electron chi connectivity index (χ4n) is 3.85. The van der Waals surface area contributed by atoms with Crippen LogP contribution >= 0.6 is 12.4 Å². The Balaban J connectivity index is 0.00000147. The molecule has 1 aromatic rings. The van der Waals surface area contributed by atoms with Crippen molar-refractivity contribution in [2.45, 2.75) is 39.7 Å². The van der Waals surface area contributed by atoms with Crippen molar-refractivity contribution >= 4 is 12.4 Å². The minimum atomic E-state index is 0. The first-order valence-electron chi connectivity index (χ1n) is 7.67. The van der Waals surface area contributed by atoms with Gasteiger partial charge >= 0.3 is 0 Å². The highest BCUT2D eigenvalue weighted by molar-refractivity contribution is 5.85. The van der Waals surface area contributed by atoms with Crippen molar-refractivity contribution in [2.24, 2.45) is 5.41 Å². The maximum absolute atomic E-state index is 3.50. The molecule has 20 heavy (non-hydrogen) atoms. The summed E-state index contributed by atoms with van der Waals surface area (Å²) in [5.41, 5.74) is 5.08. The average molecular weight is 295 g/mol. The van der Waals surface area contributed by atoms with Crippen molar-refractivity contribution in [3.63, 3.8) is 0 Å². The zero-order chi connectivity index (χ0) is 13.3. The Bertz CT molecular complexity index is 432. The molecule has 0 unspecified atom stereocenters. The van der Waals surface area contributed by atoms with Crippen molar-refractivity contribution in [3.8, 4) is 0 Å². The second-order valence-corrected chi connectivity index (χ2v) is 6.58. The van der Waals surface area contributed by atoms with Crippen LogP contribution in [0.4, 0.5) is 0 Å². The summed E-state index contributed by atoms with van der Waals surface area (Å²) in [6, 6.07) is 6.67. The van der Waals surface area contributed by atoms with Crippen molar-refractivity contribution in [2.75, 3.05) is 26.2 Å². The first kappa shape index (κ1) is 15.8. The number of halogens is 1. The molecule has 0 atom stereocenters. The van der Waals surface area contributed by atoms with E-state index in [1.807, 2.05) is 0 Å². The quantitative estimate of drug-likeness (QED) is 0.900. The van der Waals surface area contributed by atoms with E-state index in [1.165, 1.54) is 56.6 Å². The molecule has 0 saturated carbocycles. The zero-order valence-corrected chi connectivity index (χ0v) is 13.6. The van der Waals surface area contributed by atoms with E-state index in [0.29, 0.717) is 5.41 Å². The van der Waals surface area contributed by atoms with Crippen LogP contribution in [-0.4, -0.2) is 31.1 Å². The number of piperidine rings is 1. The number of nitrogens with zero attached hydrogens (tertiary/aromatic N) is 1. The lowest BCUT2D eigenvalue weighted by Crippen LogP contribution is -2.38. The van der Waals surface area contributed by atoms with Gasteiger partial charge in [0.15, 0.2) is 0 Å². The van der Waals surface area contributed by atoms with Crippen molar-refractivity contribution < 1.29 is 0 Å². The number of likely N-dealkylation sites (tertiary alicyclic amines) is 1.